The van der Waals surface area contributed by atoms with Gasteiger partial charge in [0.1, 0.15) is 0 Å². The number of hydrogen-bond donors (Lipinski definition) is 1. The first-order valence-electron chi connectivity index (χ1n) is 3.37. The van der Waals surface area contributed by atoms with E-state index in [-0.39, 0.29) is 11.3 Å². The van der Waals surface area contributed by atoms with Crippen LogP contribution in [0.2, 0.25) is 0 Å². The second kappa shape index (κ2) is 2.48. The Kier molecular flexibility index (Phi) is 1.98. The van der Waals surface area contributed by atoms with E-state index in [1.54, 1.807) is 0 Å². The van der Waals surface area contributed by atoms with Crippen LogP contribution >= 0.6 is 9.24 Å². The highest BCUT2D eigenvalue weighted by Crippen LogP contribution is 2.29. The molecule has 1 aliphatic carbocycles. The second-order valence-electron chi connectivity index (χ2n) is 3.06. The van der Waals surface area contributed by atoms with E-state index in [4.69, 9.17) is 0 Å². The van der Waals surface area contributed by atoms with Gasteiger partial charge in [-0.1, -0.05) is 23.8 Å². The van der Waals surface area contributed by atoms with Crippen molar-refractivity contribution in [1.82, 2.24) is 0 Å². The van der Waals surface area contributed by atoms with Crippen molar-refractivity contribution in [3.8, 4) is 0 Å². The monoisotopic (exact) mass is 156 g/mol. The van der Waals surface area contributed by atoms with Crippen molar-refractivity contribution in [2.24, 2.45) is 0 Å². The van der Waals surface area contributed by atoms with Gasteiger partial charge in [-0.15, -0.1) is 9.24 Å². The molecule has 0 radical (unpaired) electrons. The van der Waals surface area contributed by atoms with Crippen LogP contribution in [0.15, 0.2) is 23.8 Å². The Labute approximate surface area is 64.0 Å². The molecule has 0 amide bonds. The molecule has 2 heteroatoms. The Bertz CT molecular complexity index is 191. The number of hydrogen-bond acceptors (Lipinski definition) is 1. The summed E-state index contributed by atoms with van der Waals surface area (Å²) in [7, 11) is 2.65. The molecule has 0 aliphatic heterocycles. The molecule has 1 nitrogen and oxygen atoms in total. The van der Waals surface area contributed by atoms with Crippen LogP contribution in [0.5, 0.6) is 0 Å². The average molecular weight is 156 g/mol. The highest BCUT2D eigenvalue weighted by molar-refractivity contribution is 7.19. The quantitative estimate of drug-likeness (QED) is 0.527. The lowest BCUT2D eigenvalue weighted by Gasteiger charge is -2.28. The molecule has 0 bridgehead atoms. The first kappa shape index (κ1) is 7.97. The van der Waals surface area contributed by atoms with Gasteiger partial charge in [0.15, 0.2) is 0 Å². The summed E-state index contributed by atoms with van der Waals surface area (Å²) in [6.07, 6.45) is 5.46. The predicted octanol–water partition coefficient (Wildman–Crippen LogP) is 1.50. The van der Waals surface area contributed by atoms with E-state index in [1.807, 2.05) is 26.0 Å². The van der Waals surface area contributed by atoms with Crippen molar-refractivity contribution < 1.29 is 5.11 Å². The molecule has 3 atom stereocenters. The fourth-order valence-corrected chi connectivity index (χ4v) is 1.45. The first-order chi connectivity index (χ1) is 4.52. The molecule has 0 saturated carbocycles. The van der Waals surface area contributed by atoms with E-state index in [2.05, 4.69) is 15.3 Å². The minimum atomic E-state index is -0.360. The number of allylic oxidation sites excluding steroid dienone is 2. The van der Waals surface area contributed by atoms with Crippen molar-refractivity contribution in [3.05, 3.63) is 23.8 Å². The first-order valence-corrected chi connectivity index (χ1v) is 3.95. The summed E-state index contributed by atoms with van der Waals surface area (Å²) in [5.41, 5.74) is 1.21. The molecule has 0 spiro atoms. The van der Waals surface area contributed by atoms with Crippen molar-refractivity contribution in [2.75, 3.05) is 0 Å². The van der Waals surface area contributed by atoms with Crippen molar-refractivity contribution in [1.29, 1.82) is 0 Å². The molecule has 0 aromatic rings. The van der Waals surface area contributed by atoms with Gasteiger partial charge in [0, 0.05) is 5.16 Å². The number of aliphatic hydroxyl groups is 1. The summed E-state index contributed by atoms with van der Waals surface area (Å²) in [5.74, 6) is 0. The summed E-state index contributed by atoms with van der Waals surface area (Å²) >= 11 is 0. The molecule has 10 heavy (non-hydrogen) atoms. The molecule has 1 N–H and O–H groups in total. The van der Waals surface area contributed by atoms with Crippen LogP contribution in [0.1, 0.15) is 13.8 Å². The van der Waals surface area contributed by atoms with E-state index in [1.165, 1.54) is 5.57 Å². The van der Waals surface area contributed by atoms with Crippen molar-refractivity contribution >= 4 is 9.24 Å². The molecule has 0 fully saturated rings. The maximum absolute atomic E-state index is 9.40. The van der Waals surface area contributed by atoms with Crippen molar-refractivity contribution in [3.63, 3.8) is 0 Å². The minimum absolute atomic E-state index is 0.168. The van der Waals surface area contributed by atoms with Crippen LogP contribution in [0.4, 0.5) is 0 Å². The Morgan fingerprint density at radius 2 is 2.30 bits per heavy atom. The van der Waals surface area contributed by atoms with E-state index >= 15 is 0 Å². The van der Waals surface area contributed by atoms with Gasteiger partial charge >= 0.3 is 0 Å². The fourth-order valence-electron chi connectivity index (χ4n) is 1.07. The predicted molar refractivity (Wildman–Crippen MR) is 47.0 cm³/mol. The summed E-state index contributed by atoms with van der Waals surface area (Å²) in [6, 6.07) is 0. The smallest absolute Gasteiger partial charge is 0.0846 e. The lowest BCUT2D eigenvalue weighted by Crippen LogP contribution is -2.31. The summed E-state index contributed by atoms with van der Waals surface area (Å²) < 4.78 is 0. The summed E-state index contributed by atoms with van der Waals surface area (Å²) in [4.78, 5) is 0. The maximum Gasteiger partial charge on any atom is 0.0846 e. The zero-order chi connectivity index (χ0) is 7.78. The van der Waals surface area contributed by atoms with Gasteiger partial charge in [-0.3, -0.25) is 0 Å². The van der Waals surface area contributed by atoms with Gasteiger partial charge < -0.3 is 5.11 Å². The maximum atomic E-state index is 9.40. The minimum Gasteiger partial charge on any atom is -0.388 e. The Morgan fingerprint density at radius 1 is 1.70 bits per heavy atom. The van der Waals surface area contributed by atoms with Gasteiger partial charge in [-0.05, 0) is 13.8 Å². The van der Waals surface area contributed by atoms with Crippen LogP contribution in [-0.4, -0.2) is 16.4 Å². The Morgan fingerprint density at radius 3 is 2.70 bits per heavy atom. The van der Waals surface area contributed by atoms with Gasteiger partial charge in [0.25, 0.3) is 0 Å². The molecular formula is C8H13OP. The molecule has 56 valence electrons. The Hall–Kier alpha value is -0.130. The van der Waals surface area contributed by atoms with Gasteiger partial charge in [-0.25, -0.2) is 0 Å². The molecule has 1 rings (SSSR count). The third-order valence-electron chi connectivity index (χ3n) is 1.72. The van der Waals surface area contributed by atoms with Crippen LogP contribution in [0.3, 0.4) is 0 Å². The second-order valence-corrected chi connectivity index (χ2v) is 4.30. The normalized spacial score (nSPS) is 39.6. The molecule has 0 saturated heterocycles. The molecule has 3 unspecified atom stereocenters. The lowest BCUT2D eigenvalue weighted by molar-refractivity contribution is 0.198. The molecule has 0 heterocycles. The van der Waals surface area contributed by atoms with Crippen LogP contribution in [0.25, 0.3) is 0 Å². The number of rotatable bonds is 0. The van der Waals surface area contributed by atoms with E-state index in [0.717, 1.165) is 0 Å². The van der Waals surface area contributed by atoms with Crippen LogP contribution in [-0.2, 0) is 0 Å². The van der Waals surface area contributed by atoms with Crippen LogP contribution < -0.4 is 0 Å². The molecule has 1 aliphatic rings. The zero-order valence-corrected chi connectivity index (χ0v) is 7.49. The standard InChI is InChI=1S/C8H13OP/c1-6-3-4-7(9)8(2,10)5-6/h3-5,7,9H,10H2,1-2H3. The number of aliphatic hydroxyl groups excluding tert-OH is 1. The topological polar surface area (TPSA) is 20.2 Å². The third-order valence-corrected chi connectivity index (χ3v) is 2.23. The summed E-state index contributed by atoms with van der Waals surface area (Å²) in [6.45, 7) is 4.03. The SMILES string of the molecule is CC1=CC(C)(P)C(O)C=C1. The van der Waals surface area contributed by atoms with Gasteiger partial charge in [0.05, 0.1) is 6.10 Å². The average Bonchev–Trinajstić information content (AvgIpc) is 1.78. The van der Waals surface area contributed by atoms with Crippen molar-refractivity contribution in [2.45, 2.75) is 25.1 Å². The third kappa shape index (κ3) is 1.47. The Balaban J connectivity index is 2.88. The van der Waals surface area contributed by atoms with E-state index < -0.39 is 0 Å². The van der Waals surface area contributed by atoms with E-state index in [0.29, 0.717) is 0 Å². The molecule has 0 aromatic carbocycles. The van der Waals surface area contributed by atoms with Gasteiger partial charge in [-0.2, -0.15) is 0 Å². The highest BCUT2D eigenvalue weighted by Gasteiger charge is 2.25. The molecule has 0 aromatic heterocycles. The largest absolute Gasteiger partial charge is 0.388 e. The van der Waals surface area contributed by atoms with Crippen LogP contribution in [0, 0.1) is 0 Å². The van der Waals surface area contributed by atoms with Gasteiger partial charge in [0.2, 0.25) is 0 Å². The lowest BCUT2D eigenvalue weighted by atomic mass is 9.95. The zero-order valence-electron chi connectivity index (χ0n) is 6.33. The van der Waals surface area contributed by atoms with E-state index in [9.17, 15) is 5.11 Å². The fraction of sp³-hybridized carbons (Fsp3) is 0.500. The highest BCUT2D eigenvalue weighted by atomic mass is 31.0. The summed E-state index contributed by atoms with van der Waals surface area (Å²) in [5, 5.41) is 9.23. The molecular weight excluding hydrogens is 143 g/mol.